The lowest BCUT2D eigenvalue weighted by atomic mass is 9.94. The number of hydrogen-bond donors (Lipinski definition) is 1. The molecule has 2 heterocycles. The fraction of sp³-hybridized carbons (Fsp3) is 0.550. The predicted molar refractivity (Wildman–Crippen MR) is 95.3 cm³/mol. The number of allylic oxidation sites excluding steroid dienone is 1. The molecule has 0 bridgehead atoms. The van der Waals surface area contributed by atoms with Gasteiger partial charge >= 0.3 is 0 Å². The van der Waals surface area contributed by atoms with E-state index in [0.29, 0.717) is 11.8 Å². The third-order valence-corrected chi connectivity index (χ3v) is 5.01. The van der Waals surface area contributed by atoms with Crippen LogP contribution in [-0.2, 0) is 4.79 Å². The highest BCUT2D eigenvalue weighted by atomic mass is 16.2. The van der Waals surface area contributed by atoms with Crippen molar-refractivity contribution >= 4 is 12.0 Å². The maximum atomic E-state index is 12.4. The zero-order valence-electron chi connectivity index (χ0n) is 14.3. The molecular formula is C20H28N2O. The molecule has 0 aliphatic carbocycles. The number of carbonyl (C=O) groups is 1. The van der Waals surface area contributed by atoms with Crippen LogP contribution >= 0.6 is 0 Å². The van der Waals surface area contributed by atoms with E-state index < -0.39 is 0 Å². The second kappa shape index (κ2) is 7.31. The van der Waals surface area contributed by atoms with E-state index in [1.54, 1.807) is 0 Å². The molecule has 2 fully saturated rings. The summed E-state index contributed by atoms with van der Waals surface area (Å²) in [5.74, 6) is 0.913. The van der Waals surface area contributed by atoms with Gasteiger partial charge < -0.3 is 10.2 Å². The normalized spacial score (nSPS) is 22.9. The predicted octanol–water partition coefficient (Wildman–Crippen LogP) is 3.31. The Bertz CT molecular complexity index is 559. The summed E-state index contributed by atoms with van der Waals surface area (Å²) in [6.45, 7) is 7.08. The third-order valence-electron chi connectivity index (χ3n) is 5.01. The van der Waals surface area contributed by atoms with E-state index in [9.17, 15) is 4.79 Å². The molecule has 23 heavy (non-hydrogen) atoms. The van der Waals surface area contributed by atoms with Crippen molar-refractivity contribution < 1.29 is 4.79 Å². The highest BCUT2D eigenvalue weighted by molar-refractivity contribution is 5.82. The lowest BCUT2D eigenvalue weighted by molar-refractivity contribution is -0.134. The lowest BCUT2D eigenvalue weighted by Crippen LogP contribution is -2.46. The van der Waals surface area contributed by atoms with Crippen LogP contribution in [0.15, 0.2) is 24.3 Å². The number of aryl methyl sites for hydroxylation is 2. The summed E-state index contributed by atoms with van der Waals surface area (Å²) in [6.07, 6.45) is 8.89. The second-order valence-corrected chi connectivity index (χ2v) is 7.09. The molecule has 1 atom stereocenters. The summed E-state index contributed by atoms with van der Waals surface area (Å²) >= 11 is 0. The number of nitrogens with one attached hydrogen (secondary N) is 1. The number of benzene rings is 1. The van der Waals surface area contributed by atoms with Gasteiger partial charge in [0.1, 0.15) is 0 Å². The van der Waals surface area contributed by atoms with Gasteiger partial charge in [0.2, 0.25) is 5.91 Å². The number of likely N-dealkylation sites (tertiary alicyclic amines) is 1. The molecule has 2 aliphatic rings. The SMILES string of the molecule is Cc1cc(C)cc(/C=C/C2CCN(C(=O)[C@@H]3CCCN3)CC2)c1. The summed E-state index contributed by atoms with van der Waals surface area (Å²) in [6, 6.07) is 6.75. The molecule has 3 nitrogen and oxygen atoms in total. The van der Waals surface area contributed by atoms with Crippen LogP contribution in [0.2, 0.25) is 0 Å². The highest BCUT2D eigenvalue weighted by Crippen LogP contribution is 2.22. The molecule has 0 unspecified atom stereocenters. The Morgan fingerprint density at radius 1 is 1.13 bits per heavy atom. The number of nitrogens with zero attached hydrogens (tertiary/aromatic N) is 1. The van der Waals surface area contributed by atoms with Crippen LogP contribution in [0.1, 0.15) is 42.4 Å². The van der Waals surface area contributed by atoms with Crippen LogP contribution in [-0.4, -0.2) is 36.5 Å². The van der Waals surface area contributed by atoms with Crippen LogP contribution < -0.4 is 5.32 Å². The van der Waals surface area contributed by atoms with Crippen LogP contribution in [0.3, 0.4) is 0 Å². The fourth-order valence-electron chi connectivity index (χ4n) is 3.78. The first-order chi connectivity index (χ1) is 11.1. The van der Waals surface area contributed by atoms with Gasteiger partial charge in [0.05, 0.1) is 6.04 Å². The highest BCUT2D eigenvalue weighted by Gasteiger charge is 2.29. The van der Waals surface area contributed by atoms with Gasteiger partial charge in [-0.05, 0) is 57.6 Å². The molecule has 2 saturated heterocycles. The van der Waals surface area contributed by atoms with Crippen molar-refractivity contribution in [3.8, 4) is 0 Å². The van der Waals surface area contributed by atoms with E-state index in [1.807, 2.05) is 0 Å². The monoisotopic (exact) mass is 312 g/mol. The summed E-state index contributed by atoms with van der Waals surface area (Å²) in [7, 11) is 0. The molecule has 0 spiro atoms. The van der Waals surface area contributed by atoms with Gasteiger partial charge in [-0.2, -0.15) is 0 Å². The molecule has 1 aromatic rings. The average Bonchev–Trinajstić information content (AvgIpc) is 3.06. The van der Waals surface area contributed by atoms with E-state index in [1.165, 1.54) is 16.7 Å². The van der Waals surface area contributed by atoms with Gasteiger partial charge in [-0.15, -0.1) is 0 Å². The zero-order chi connectivity index (χ0) is 16.2. The van der Waals surface area contributed by atoms with Crippen molar-refractivity contribution in [3.63, 3.8) is 0 Å². The van der Waals surface area contributed by atoms with Crippen molar-refractivity contribution in [1.29, 1.82) is 0 Å². The Hall–Kier alpha value is -1.61. The summed E-state index contributed by atoms with van der Waals surface area (Å²) in [4.78, 5) is 14.5. The molecular weight excluding hydrogens is 284 g/mol. The maximum absolute atomic E-state index is 12.4. The van der Waals surface area contributed by atoms with Crippen molar-refractivity contribution in [1.82, 2.24) is 10.2 Å². The molecule has 3 heteroatoms. The quantitative estimate of drug-likeness (QED) is 0.929. The summed E-state index contributed by atoms with van der Waals surface area (Å²) < 4.78 is 0. The van der Waals surface area contributed by atoms with E-state index in [0.717, 1.165) is 45.3 Å². The van der Waals surface area contributed by atoms with E-state index in [4.69, 9.17) is 0 Å². The van der Waals surface area contributed by atoms with Gasteiger partial charge in [0.15, 0.2) is 0 Å². The first kappa shape index (κ1) is 16.3. The maximum Gasteiger partial charge on any atom is 0.239 e. The lowest BCUT2D eigenvalue weighted by Gasteiger charge is -2.32. The minimum Gasteiger partial charge on any atom is -0.341 e. The Morgan fingerprint density at radius 3 is 2.43 bits per heavy atom. The summed E-state index contributed by atoms with van der Waals surface area (Å²) in [5.41, 5.74) is 3.92. The number of carbonyl (C=O) groups excluding carboxylic acids is 1. The van der Waals surface area contributed by atoms with Crippen molar-refractivity contribution in [2.45, 2.75) is 45.6 Å². The zero-order valence-corrected chi connectivity index (χ0v) is 14.3. The molecule has 2 aliphatic heterocycles. The molecule has 1 amide bonds. The van der Waals surface area contributed by atoms with Crippen LogP contribution in [0.25, 0.3) is 6.08 Å². The number of piperidine rings is 1. The van der Waals surface area contributed by atoms with E-state index >= 15 is 0 Å². The number of amides is 1. The smallest absolute Gasteiger partial charge is 0.239 e. The minimum atomic E-state index is 0.0809. The van der Waals surface area contributed by atoms with Crippen molar-refractivity contribution in [3.05, 3.63) is 41.0 Å². The van der Waals surface area contributed by atoms with Crippen LogP contribution in [0, 0.1) is 19.8 Å². The van der Waals surface area contributed by atoms with E-state index in [-0.39, 0.29) is 6.04 Å². The molecule has 1 aromatic carbocycles. The fourth-order valence-corrected chi connectivity index (χ4v) is 3.78. The van der Waals surface area contributed by atoms with Crippen LogP contribution in [0.4, 0.5) is 0 Å². The van der Waals surface area contributed by atoms with Gasteiger partial charge in [-0.3, -0.25) is 4.79 Å². The van der Waals surface area contributed by atoms with Gasteiger partial charge in [-0.1, -0.05) is 41.5 Å². The average molecular weight is 312 g/mol. The Morgan fingerprint density at radius 2 is 1.83 bits per heavy atom. The second-order valence-electron chi connectivity index (χ2n) is 7.09. The van der Waals surface area contributed by atoms with Crippen molar-refractivity contribution in [2.75, 3.05) is 19.6 Å². The molecule has 124 valence electrons. The summed E-state index contributed by atoms with van der Waals surface area (Å²) in [5, 5.41) is 3.32. The van der Waals surface area contributed by atoms with Gasteiger partial charge in [0, 0.05) is 13.1 Å². The Balaban J connectivity index is 1.52. The van der Waals surface area contributed by atoms with Crippen molar-refractivity contribution in [2.24, 2.45) is 5.92 Å². The molecule has 1 N–H and O–H groups in total. The molecule has 3 rings (SSSR count). The molecule has 0 radical (unpaired) electrons. The number of hydrogen-bond acceptors (Lipinski definition) is 2. The standard InChI is InChI=1S/C20H28N2O/c1-15-12-16(2)14-18(13-15)6-5-17-7-10-22(11-8-17)20(23)19-4-3-9-21-19/h5-6,12-14,17,19,21H,3-4,7-11H2,1-2H3/b6-5+/t19-/m0/s1. The first-order valence-electron chi connectivity index (χ1n) is 8.90. The largest absolute Gasteiger partial charge is 0.341 e. The molecule has 0 aromatic heterocycles. The molecule has 0 saturated carbocycles. The van der Waals surface area contributed by atoms with Crippen LogP contribution in [0.5, 0.6) is 0 Å². The number of rotatable bonds is 3. The minimum absolute atomic E-state index is 0.0809. The van der Waals surface area contributed by atoms with Gasteiger partial charge in [-0.25, -0.2) is 0 Å². The first-order valence-corrected chi connectivity index (χ1v) is 8.90. The topological polar surface area (TPSA) is 32.3 Å². The van der Waals surface area contributed by atoms with Gasteiger partial charge in [0.25, 0.3) is 0 Å². The third kappa shape index (κ3) is 4.23. The Kier molecular flexibility index (Phi) is 5.16. The Labute approximate surface area is 139 Å². The van der Waals surface area contributed by atoms with E-state index in [2.05, 4.69) is 54.4 Å².